The first kappa shape index (κ1) is 58.6. The van der Waals surface area contributed by atoms with Crippen molar-refractivity contribution >= 4 is 17.9 Å². The Kier molecular flexibility index (Phi) is 46.7. The zero-order valence-corrected chi connectivity index (χ0v) is 40.0. The normalized spacial score (nSPS) is 13.3. The van der Waals surface area contributed by atoms with Gasteiger partial charge in [0, 0.05) is 12.8 Å². The van der Waals surface area contributed by atoms with Gasteiger partial charge in [-0.25, -0.2) is 0 Å². The highest BCUT2D eigenvalue weighted by molar-refractivity contribution is 5.72. The van der Waals surface area contributed by atoms with Crippen molar-refractivity contribution in [3.63, 3.8) is 0 Å². The summed E-state index contributed by atoms with van der Waals surface area (Å²) in [7, 11) is 0. The van der Waals surface area contributed by atoms with Crippen molar-refractivity contribution < 1.29 is 28.6 Å². The second kappa shape index (κ2) is 50.2. The summed E-state index contributed by atoms with van der Waals surface area (Å²) in [6.07, 6.45) is 70.4. The fourth-order valence-electron chi connectivity index (χ4n) is 6.05. The van der Waals surface area contributed by atoms with Crippen LogP contribution < -0.4 is 0 Å². The van der Waals surface area contributed by atoms with Crippen molar-refractivity contribution in [2.45, 2.75) is 194 Å². The zero-order chi connectivity index (χ0) is 45.8. The molecule has 0 saturated heterocycles. The lowest BCUT2D eigenvalue weighted by Crippen LogP contribution is -2.30. The summed E-state index contributed by atoms with van der Waals surface area (Å²) in [5, 5.41) is 0. The van der Waals surface area contributed by atoms with Crippen LogP contribution in [0.15, 0.2) is 134 Å². The highest BCUT2D eigenvalue weighted by atomic mass is 16.6. The van der Waals surface area contributed by atoms with Crippen LogP contribution in [-0.2, 0) is 28.6 Å². The third-order valence-electron chi connectivity index (χ3n) is 9.68. The van der Waals surface area contributed by atoms with Crippen molar-refractivity contribution in [3.05, 3.63) is 134 Å². The van der Waals surface area contributed by atoms with Crippen LogP contribution in [0.1, 0.15) is 188 Å². The third kappa shape index (κ3) is 48.4. The molecular weight excluding hydrogens is 781 g/mol. The van der Waals surface area contributed by atoms with Crippen LogP contribution in [0, 0.1) is 0 Å². The summed E-state index contributed by atoms with van der Waals surface area (Å²) in [5.74, 6) is -1.13. The number of hydrogen-bond donors (Lipinski definition) is 0. The molecule has 0 bridgehead atoms. The molecule has 6 nitrogen and oxygen atoms in total. The molecule has 0 spiro atoms. The second-order valence-electron chi connectivity index (χ2n) is 15.6. The van der Waals surface area contributed by atoms with Gasteiger partial charge in [0.2, 0.25) is 0 Å². The van der Waals surface area contributed by atoms with Gasteiger partial charge in [0.15, 0.2) is 6.10 Å². The lowest BCUT2D eigenvalue weighted by atomic mass is 10.1. The predicted molar refractivity (Wildman–Crippen MR) is 269 cm³/mol. The molecule has 0 aromatic rings. The summed E-state index contributed by atoms with van der Waals surface area (Å²) in [6.45, 7) is 6.23. The molecule has 0 aromatic heterocycles. The molecule has 0 rings (SSSR count). The molecule has 63 heavy (non-hydrogen) atoms. The molecule has 0 aromatic carbocycles. The largest absolute Gasteiger partial charge is 0.462 e. The fraction of sp³-hybridized carbons (Fsp3) is 0.561. The Morgan fingerprint density at radius 2 is 0.667 bits per heavy atom. The zero-order valence-electron chi connectivity index (χ0n) is 40.0. The fourth-order valence-corrected chi connectivity index (χ4v) is 6.05. The SMILES string of the molecule is CC/C=C\C/C=C\C/C=C\C/C=C\C/C=C\C/C=C\CCCCC(=O)OCC(COC(=O)CCCCCCCCCCC)OC(=O)C/C=C\C/C=C\C/C=C\C/C=C\C/C=C\CC. The maximum atomic E-state index is 12.7. The highest BCUT2D eigenvalue weighted by Crippen LogP contribution is 2.12. The number of hydrogen-bond acceptors (Lipinski definition) is 6. The van der Waals surface area contributed by atoms with Crippen molar-refractivity contribution in [2.24, 2.45) is 0 Å². The van der Waals surface area contributed by atoms with E-state index in [4.69, 9.17) is 14.2 Å². The van der Waals surface area contributed by atoms with Gasteiger partial charge in [0.1, 0.15) is 13.2 Å². The van der Waals surface area contributed by atoms with Crippen LogP contribution in [0.4, 0.5) is 0 Å². The Morgan fingerprint density at radius 3 is 1.05 bits per heavy atom. The molecule has 1 unspecified atom stereocenters. The lowest BCUT2D eigenvalue weighted by molar-refractivity contribution is -0.166. The van der Waals surface area contributed by atoms with E-state index in [2.05, 4.69) is 142 Å². The average molecular weight is 869 g/mol. The molecule has 0 fully saturated rings. The van der Waals surface area contributed by atoms with Gasteiger partial charge < -0.3 is 14.2 Å². The minimum atomic E-state index is -0.852. The van der Waals surface area contributed by atoms with E-state index in [1.807, 2.05) is 6.08 Å². The summed E-state index contributed by atoms with van der Waals surface area (Å²) >= 11 is 0. The van der Waals surface area contributed by atoms with Crippen LogP contribution in [-0.4, -0.2) is 37.2 Å². The number of carbonyl (C=O) groups excluding carboxylic acids is 3. The topological polar surface area (TPSA) is 78.9 Å². The maximum Gasteiger partial charge on any atom is 0.310 e. The van der Waals surface area contributed by atoms with E-state index in [1.165, 1.54) is 38.5 Å². The van der Waals surface area contributed by atoms with Crippen LogP contribution in [0.25, 0.3) is 0 Å². The van der Waals surface area contributed by atoms with E-state index >= 15 is 0 Å². The van der Waals surface area contributed by atoms with Crippen LogP contribution in [0.3, 0.4) is 0 Å². The standard InChI is InChI=1S/C57H88O6/c1-4-7-10-13-16-19-21-23-25-26-27-28-29-30-32-33-35-38-41-44-47-50-56(59)62-53-54(52-61-55(58)49-46-43-40-37-18-15-12-9-6-3)63-57(60)51-48-45-42-39-36-34-31-24-22-20-17-14-11-8-5-2/h7-8,10-11,16-17,19-20,23-25,27-28,30-32,35-36,38-39,45,48,54H,4-6,9,12-15,18,21-22,26,29,33-34,37,40-44,46-47,49-53H2,1-3H3/b10-7-,11-8-,19-16-,20-17-,25-23-,28-27-,31-24-,32-30-,38-35-,39-36-,48-45-. The maximum absolute atomic E-state index is 12.7. The van der Waals surface area contributed by atoms with Crippen molar-refractivity contribution in [2.75, 3.05) is 13.2 Å². The highest BCUT2D eigenvalue weighted by Gasteiger charge is 2.19. The van der Waals surface area contributed by atoms with Crippen molar-refractivity contribution in [3.8, 4) is 0 Å². The van der Waals surface area contributed by atoms with E-state index in [9.17, 15) is 14.4 Å². The molecule has 0 radical (unpaired) electrons. The molecule has 0 aliphatic heterocycles. The van der Waals surface area contributed by atoms with E-state index in [1.54, 1.807) is 6.08 Å². The van der Waals surface area contributed by atoms with Gasteiger partial charge in [-0.15, -0.1) is 0 Å². The number of ether oxygens (including phenoxy) is 3. The molecule has 1 atom stereocenters. The Bertz CT molecular complexity index is 1420. The minimum Gasteiger partial charge on any atom is -0.462 e. The first-order valence-corrected chi connectivity index (χ1v) is 24.7. The van der Waals surface area contributed by atoms with Gasteiger partial charge in [0.25, 0.3) is 0 Å². The summed E-state index contributed by atoms with van der Waals surface area (Å²) in [4.78, 5) is 37.8. The summed E-state index contributed by atoms with van der Waals surface area (Å²) < 4.78 is 16.6. The molecule has 0 N–H and O–H groups in total. The van der Waals surface area contributed by atoms with Crippen molar-refractivity contribution in [1.29, 1.82) is 0 Å². The van der Waals surface area contributed by atoms with Crippen LogP contribution in [0.5, 0.6) is 0 Å². The minimum absolute atomic E-state index is 0.0823. The number of carbonyl (C=O) groups is 3. The van der Waals surface area contributed by atoms with Gasteiger partial charge >= 0.3 is 17.9 Å². The van der Waals surface area contributed by atoms with E-state index in [0.717, 1.165) is 96.3 Å². The number of rotatable bonds is 42. The molecule has 0 amide bonds. The quantitative estimate of drug-likeness (QED) is 0.0263. The predicted octanol–water partition coefficient (Wildman–Crippen LogP) is 16.3. The second-order valence-corrected chi connectivity index (χ2v) is 15.6. The molecular formula is C57H88O6. The Morgan fingerprint density at radius 1 is 0.349 bits per heavy atom. The molecule has 0 aliphatic carbocycles. The van der Waals surface area contributed by atoms with Crippen molar-refractivity contribution in [1.82, 2.24) is 0 Å². The lowest BCUT2D eigenvalue weighted by Gasteiger charge is -2.18. The monoisotopic (exact) mass is 869 g/mol. The van der Waals surface area contributed by atoms with Gasteiger partial charge in [-0.1, -0.05) is 206 Å². The van der Waals surface area contributed by atoms with Gasteiger partial charge in [0.05, 0.1) is 6.42 Å². The smallest absolute Gasteiger partial charge is 0.310 e. The van der Waals surface area contributed by atoms with Gasteiger partial charge in [-0.05, 0) is 96.3 Å². The Labute approximate surface area is 385 Å². The average Bonchev–Trinajstić information content (AvgIpc) is 3.28. The number of allylic oxidation sites excluding steroid dienone is 21. The van der Waals surface area contributed by atoms with E-state index in [-0.39, 0.29) is 38.0 Å². The summed E-state index contributed by atoms with van der Waals surface area (Å²) in [6, 6.07) is 0. The molecule has 6 heteroatoms. The first-order chi connectivity index (χ1) is 31.0. The first-order valence-electron chi connectivity index (χ1n) is 24.7. The molecule has 0 heterocycles. The summed E-state index contributed by atoms with van der Waals surface area (Å²) in [5.41, 5.74) is 0. The Hall–Kier alpha value is -4.45. The van der Waals surface area contributed by atoms with Gasteiger partial charge in [-0.2, -0.15) is 0 Å². The third-order valence-corrected chi connectivity index (χ3v) is 9.68. The van der Waals surface area contributed by atoms with E-state index < -0.39 is 12.1 Å². The molecule has 0 saturated carbocycles. The van der Waals surface area contributed by atoms with Crippen LogP contribution >= 0.6 is 0 Å². The Balaban J connectivity index is 4.55. The van der Waals surface area contributed by atoms with Gasteiger partial charge in [-0.3, -0.25) is 14.4 Å². The molecule has 0 aliphatic rings. The van der Waals surface area contributed by atoms with E-state index in [0.29, 0.717) is 19.3 Å². The number of unbranched alkanes of at least 4 members (excludes halogenated alkanes) is 10. The van der Waals surface area contributed by atoms with Crippen LogP contribution in [0.2, 0.25) is 0 Å². The molecule has 352 valence electrons. The number of esters is 3.